The van der Waals surface area contributed by atoms with Crippen LogP contribution in [-0.2, 0) is 7.05 Å². The maximum atomic E-state index is 4.69. The fourth-order valence-corrected chi connectivity index (χ4v) is 2.06. The van der Waals surface area contributed by atoms with E-state index in [-0.39, 0.29) is 30.0 Å². The molecule has 1 aromatic carbocycles. The molecule has 2 nitrogen and oxygen atoms in total. The van der Waals surface area contributed by atoms with E-state index in [9.17, 15) is 0 Å². The predicted octanol–water partition coefficient (Wildman–Crippen LogP) is -2.33. The molecule has 1 unspecified atom stereocenters. The number of benzene rings is 1. The van der Waals surface area contributed by atoms with Gasteiger partial charge in [-0.2, -0.15) is 0 Å². The lowest BCUT2D eigenvalue weighted by molar-refractivity contribution is -0.671. The monoisotopic (exact) mass is 336 g/mol. The summed E-state index contributed by atoms with van der Waals surface area (Å²) in [5.41, 5.74) is 1.24. The van der Waals surface area contributed by atoms with Crippen LogP contribution in [0.4, 0.5) is 0 Å². The quantitative estimate of drug-likeness (QED) is 0.411. The second-order valence-corrected chi connectivity index (χ2v) is 4.10. The molecule has 17 heavy (non-hydrogen) atoms. The van der Waals surface area contributed by atoms with E-state index >= 15 is 0 Å². The van der Waals surface area contributed by atoms with Gasteiger partial charge in [-0.05, 0) is 23.4 Å². The summed E-state index contributed by atoms with van der Waals surface area (Å²) in [5, 5.41) is 2.33. The van der Waals surface area contributed by atoms with Gasteiger partial charge in [0.05, 0.1) is 5.36 Å². The molecule has 3 heteroatoms. The number of aryl methyl sites for hydroxylation is 1. The smallest absolute Gasteiger partial charge is 0.174 e. The van der Waals surface area contributed by atoms with Crippen LogP contribution >= 0.6 is 0 Å². The lowest BCUT2D eigenvalue weighted by Crippen LogP contribution is -3.00. The van der Waals surface area contributed by atoms with Gasteiger partial charge in [-0.25, -0.2) is 4.57 Å². The van der Waals surface area contributed by atoms with Gasteiger partial charge in [0.2, 0.25) is 0 Å². The number of aromatic nitrogens is 1. The normalized spacial score (nSPS) is 16.4. The SMILES string of the molecule is C[n+]1cccc(C2C=c3ccccc3=N2)c1.[I-]. The van der Waals surface area contributed by atoms with Gasteiger partial charge in [0.1, 0.15) is 13.1 Å². The zero-order valence-electron chi connectivity index (χ0n) is 9.55. The van der Waals surface area contributed by atoms with Crippen molar-refractivity contribution in [3.63, 3.8) is 0 Å². The second kappa shape index (κ2) is 4.96. The number of nitrogens with zero attached hydrogens (tertiary/aromatic N) is 2. The molecule has 0 bridgehead atoms. The fourth-order valence-electron chi connectivity index (χ4n) is 2.06. The molecule has 0 saturated heterocycles. The van der Waals surface area contributed by atoms with E-state index < -0.39 is 0 Å². The lowest BCUT2D eigenvalue weighted by Gasteiger charge is -2.01. The maximum Gasteiger partial charge on any atom is 0.174 e. The van der Waals surface area contributed by atoms with Crippen molar-refractivity contribution in [2.75, 3.05) is 0 Å². The molecule has 0 spiro atoms. The number of fused-ring (bicyclic) bond motifs is 1. The van der Waals surface area contributed by atoms with Crippen molar-refractivity contribution in [3.8, 4) is 0 Å². The van der Waals surface area contributed by atoms with E-state index in [4.69, 9.17) is 4.99 Å². The molecular weight excluding hydrogens is 323 g/mol. The molecule has 2 aromatic rings. The Morgan fingerprint density at radius 2 is 1.94 bits per heavy atom. The van der Waals surface area contributed by atoms with Gasteiger partial charge >= 0.3 is 0 Å². The number of para-hydroxylation sites is 1. The van der Waals surface area contributed by atoms with Crippen molar-refractivity contribution in [2.24, 2.45) is 12.0 Å². The van der Waals surface area contributed by atoms with Crippen molar-refractivity contribution in [1.82, 2.24) is 0 Å². The van der Waals surface area contributed by atoms with Gasteiger partial charge in [0, 0.05) is 11.6 Å². The highest BCUT2D eigenvalue weighted by molar-refractivity contribution is 5.40. The number of hydrogen-bond acceptors (Lipinski definition) is 1. The molecule has 1 aliphatic rings. The highest BCUT2D eigenvalue weighted by Gasteiger charge is 2.13. The first-order valence-electron chi connectivity index (χ1n) is 5.43. The third kappa shape index (κ3) is 2.39. The third-order valence-electron chi connectivity index (χ3n) is 2.86. The van der Waals surface area contributed by atoms with Crippen LogP contribution in [0, 0.1) is 0 Å². The van der Waals surface area contributed by atoms with E-state index in [0.717, 1.165) is 5.36 Å². The van der Waals surface area contributed by atoms with Crippen LogP contribution in [-0.4, -0.2) is 0 Å². The van der Waals surface area contributed by atoms with Crippen LogP contribution in [0.25, 0.3) is 6.08 Å². The van der Waals surface area contributed by atoms with E-state index in [1.807, 2.05) is 19.3 Å². The topological polar surface area (TPSA) is 16.2 Å². The standard InChI is InChI=1S/C14H13N2.HI/c1-16-8-4-6-12(10-16)14-9-11-5-2-3-7-13(11)15-14;/h2-10,14H,1H3;1H/q+1;/p-1. The van der Waals surface area contributed by atoms with E-state index in [1.165, 1.54) is 10.8 Å². The first-order valence-corrected chi connectivity index (χ1v) is 5.43. The summed E-state index contributed by atoms with van der Waals surface area (Å²) in [4.78, 5) is 4.69. The minimum Gasteiger partial charge on any atom is -1.00 e. The molecular formula is C14H13IN2. The van der Waals surface area contributed by atoms with Gasteiger partial charge in [0.25, 0.3) is 0 Å². The molecule has 2 heterocycles. The average molecular weight is 336 g/mol. The summed E-state index contributed by atoms with van der Waals surface area (Å²) in [6.45, 7) is 0. The zero-order chi connectivity index (χ0) is 11.0. The predicted molar refractivity (Wildman–Crippen MR) is 62.0 cm³/mol. The zero-order valence-corrected chi connectivity index (χ0v) is 11.7. The van der Waals surface area contributed by atoms with Crippen molar-refractivity contribution in [3.05, 3.63) is 64.9 Å². The maximum absolute atomic E-state index is 4.69. The van der Waals surface area contributed by atoms with Gasteiger partial charge < -0.3 is 24.0 Å². The fraction of sp³-hybridized carbons (Fsp3) is 0.143. The first kappa shape index (κ1) is 12.2. The second-order valence-electron chi connectivity index (χ2n) is 4.10. The summed E-state index contributed by atoms with van der Waals surface area (Å²) in [5.74, 6) is 0. The number of pyridine rings is 1. The van der Waals surface area contributed by atoms with Gasteiger partial charge in [-0.1, -0.05) is 18.2 Å². The molecule has 0 aliphatic carbocycles. The Kier molecular flexibility index (Phi) is 3.57. The van der Waals surface area contributed by atoms with Gasteiger partial charge in [0.15, 0.2) is 12.4 Å². The van der Waals surface area contributed by atoms with Crippen LogP contribution in [0.2, 0.25) is 0 Å². The van der Waals surface area contributed by atoms with Crippen LogP contribution in [0.5, 0.6) is 0 Å². The molecule has 86 valence electrons. The summed E-state index contributed by atoms with van der Waals surface area (Å²) < 4.78 is 2.06. The Morgan fingerprint density at radius 3 is 2.71 bits per heavy atom. The summed E-state index contributed by atoms with van der Waals surface area (Å²) in [6.07, 6.45) is 6.37. The van der Waals surface area contributed by atoms with Gasteiger partial charge in [-0.15, -0.1) is 0 Å². The molecule has 1 atom stereocenters. The van der Waals surface area contributed by atoms with Crippen molar-refractivity contribution in [2.45, 2.75) is 6.04 Å². The highest BCUT2D eigenvalue weighted by atomic mass is 127. The largest absolute Gasteiger partial charge is 1.00 e. The van der Waals surface area contributed by atoms with E-state index in [2.05, 4.69) is 47.2 Å². The minimum absolute atomic E-state index is 0. The molecule has 3 rings (SSSR count). The van der Waals surface area contributed by atoms with Crippen molar-refractivity contribution in [1.29, 1.82) is 0 Å². The van der Waals surface area contributed by atoms with Gasteiger partial charge in [-0.3, -0.25) is 4.99 Å². The lowest BCUT2D eigenvalue weighted by atomic mass is 10.1. The number of hydrogen-bond donors (Lipinski definition) is 0. The van der Waals surface area contributed by atoms with Crippen molar-refractivity contribution >= 4 is 6.08 Å². The molecule has 1 aromatic heterocycles. The molecule has 0 saturated carbocycles. The number of rotatable bonds is 1. The van der Waals surface area contributed by atoms with Crippen molar-refractivity contribution < 1.29 is 28.5 Å². The van der Waals surface area contributed by atoms with E-state index in [1.54, 1.807) is 0 Å². The minimum atomic E-state index is 0. The third-order valence-corrected chi connectivity index (χ3v) is 2.86. The Morgan fingerprint density at radius 1 is 1.12 bits per heavy atom. The Labute approximate surface area is 117 Å². The van der Waals surface area contributed by atoms with Crippen LogP contribution < -0.4 is 39.1 Å². The average Bonchev–Trinajstić information content (AvgIpc) is 2.72. The summed E-state index contributed by atoms with van der Waals surface area (Å²) in [6, 6.07) is 12.6. The molecule has 0 fully saturated rings. The first-order chi connectivity index (χ1) is 7.83. The summed E-state index contributed by atoms with van der Waals surface area (Å²) in [7, 11) is 2.03. The summed E-state index contributed by atoms with van der Waals surface area (Å²) >= 11 is 0. The Hall–Kier alpha value is -1.23. The molecule has 1 aliphatic heterocycles. The Balaban J connectivity index is 0.00000108. The van der Waals surface area contributed by atoms with E-state index in [0.29, 0.717) is 0 Å². The van der Waals surface area contributed by atoms with Crippen LogP contribution in [0.3, 0.4) is 0 Å². The molecule has 0 amide bonds. The number of halogens is 1. The molecule has 0 N–H and O–H groups in total. The molecule has 0 radical (unpaired) electrons. The Bertz CT molecular complexity index is 614. The highest BCUT2D eigenvalue weighted by Crippen LogP contribution is 2.17. The van der Waals surface area contributed by atoms with Crippen LogP contribution in [0.15, 0.2) is 53.8 Å². The van der Waals surface area contributed by atoms with Crippen LogP contribution in [0.1, 0.15) is 11.6 Å².